The maximum absolute atomic E-state index is 10.9. The summed E-state index contributed by atoms with van der Waals surface area (Å²) in [6, 6.07) is 0. The summed E-state index contributed by atoms with van der Waals surface area (Å²) in [5, 5.41) is 1.97. The zero-order chi connectivity index (χ0) is 8.81. The fourth-order valence-electron chi connectivity index (χ4n) is 1.39. The number of hydrazine groups is 1. The first kappa shape index (κ1) is 9.81. The molecule has 1 N–H and O–H groups in total. The summed E-state index contributed by atoms with van der Waals surface area (Å²) >= 11 is 5.37. The number of alkyl halides is 1. The second-order valence-corrected chi connectivity index (χ2v) is 3.34. The molecule has 4 heteroatoms. The average molecular weight is 191 g/mol. The Labute approximate surface area is 78.0 Å². The van der Waals surface area contributed by atoms with E-state index in [1.807, 2.05) is 5.01 Å². The second-order valence-electron chi connectivity index (χ2n) is 3.07. The number of nitrogens with zero attached hydrogens (tertiary/aromatic N) is 1. The molecule has 1 saturated heterocycles. The number of carbonyl (C=O) groups is 1. The Morgan fingerprint density at radius 1 is 1.25 bits per heavy atom. The molecule has 0 atom stereocenters. The molecule has 0 aliphatic carbocycles. The molecular formula is C8H15ClN2O. The molecule has 0 saturated carbocycles. The van der Waals surface area contributed by atoms with E-state index >= 15 is 0 Å². The summed E-state index contributed by atoms with van der Waals surface area (Å²) in [5.41, 5.74) is 2.77. The summed E-state index contributed by atoms with van der Waals surface area (Å²) < 4.78 is 0. The third kappa shape index (κ3) is 3.41. The lowest BCUT2D eigenvalue weighted by atomic mass is 10.2. The van der Waals surface area contributed by atoms with Crippen LogP contribution in [0.15, 0.2) is 0 Å². The van der Waals surface area contributed by atoms with Crippen LogP contribution < -0.4 is 5.43 Å². The number of carbonyl (C=O) groups excluding carboxylic acids is 1. The van der Waals surface area contributed by atoms with Gasteiger partial charge in [-0.1, -0.05) is 12.8 Å². The van der Waals surface area contributed by atoms with Crippen LogP contribution in [0.25, 0.3) is 0 Å². The summed E-state index contributed by atoms with van der Waals surface area (Å²) in [7, 11) is 0. The fraction of sp³-hybridized carbons (Fsp3) is 0.875. The van der Waals surface area contributed by atoms with E-state index in [0.717, 1.165) is 13.1 Å². The molecule has 1 aliphatic rings. The van der Waals surface area contributed by atoms with Gasteiger partial charge in [0.15, 0.2) is 0 Å². The van der Waals surface area contributed by atoms with E-state index in [-0.39, 0.29) is 11.8 Å². The lowest BCUT2D eigenvalue weighted by molar-refractivity contribution is -0.123. The van der Waals surface area contributed by atoms with Crippen LogP contribution in [0.3, 0.4) is 0 Å². The molecule has 1 heterocycles. The minimum absolute atomic E-state index is 0.0521. The quantitative estimate of drug-likeness (QED) is 0.663. The van der Waals surface area contributed by atoms with E-state index in [9.17, 15) is 4.79 Å². The number of hydrogen-bond donors (Lipinski definition) is 1. The fourth-order valence-corrected chi connectivity index (χ4v) is 1.45. The molecule has 0 bridgehead atoms. The van der Waals surface area contributed by atoms with Crippen molar-refractivity contribution in [1.82, 2.24) is 10.4 Å². The minimum atomic E-state index is -0.0985. The molecule has 1 amide bonds. The summed E-state index contributed by atoms with van der Waals surface area (Å²) in [5.74, 6) is -0.0465. The van der Waals surface area contributed by atoms with Crippen molar-refractivity contribution in [3.05, 3.63) is 0 Å². The Morgan fingerprint density at radius 3 is 2.33 bits per heavy atom. The molecule has 12 heavy (non-hydrogen) atoms. The molecule has 0 radical (unpaired) electrons. The highest BCUT2D eigenvalue weighted by molar-refractivity contribution is 6.27. The topological polar surface area (TPSA) is 32.3 Å². The van der Waals surface area contributed by atoms with Crippen LogP contribution >= 0.6 is 11.6 Å². The van der Waals surface area contributed by atoms with Gasteiger partial charge in [-0.25, -0.2) is 5.01 Å². The van der Waals surface area contributed by atoms with E-state index in [4.69, 9.17) is 11.6 Å². The maximum Gasteiger partial charge on any atom is 0.249 e. The first-order valence-electron chi connectivity index (χ1n) is 4.43. The molecule has 0 aromatic rings. The smallest absolute Gasteiger partial charge is 0.249 e. The van der Waals surface area contributed by atoms with Crippen LogP contribution in [0.1, 0.15) is 25.7 Å². The van der Waals surface area contributed by atoms with Gasteiger partial charge in [0, 0.05) is 13.1 Å². The molecule has 1 aliphatic heterocycles. The van der Waals surface area contributed by atoms with E-state index in [1.165, 1.54) is 25.7 Å². The van der Waals surface area contributed by atoms with Crippen LogP contribution in [0, 0.1) is 0 Å². The van der Waals surface area contributed by atoms with Crippen molar-refractivity contribution >= 4 is 17.5 Å². The SMILES string of the molecule is O=C(CCl)NN1CCCCCC1. The second kappa shape index (κ2) is 5.38. The molecule has 0 spiro atoms. The lowest BCUT2D eigenvalue weighted by Crippen LogP contribution is -2.43. The molecule has 0 aromatic carbocycles. The summed E-state index contributed by atoms with van der Waals surface area (Å²) in [6.45, 7) is 1.92. The van der Waals surface area contributed by atoms with Gasteiger partial charge in [0.2, 0.25) is 5.91 Å². The molecule has 1 rings (SSSR count). The van der Waals surface area contributed by atoms with Crippen molar-refractivity contribution < 1.29 is 4.79 Å². The minimum Gasteiger partial charge on any atom is -0.288 e. The number of halogens is 1. The van der Waals surface area contributed by atoms with Crippen molar-refractivity contribution in [2.45, 2.75) is 25.7 Å². The van der Waals surface area contributed by atoms with E-state index in [0.29, 0.717) is 0 Å². The summed E-state index contributed by atoms with van der Waals surface area (Å²) in [6.07, 6.45) is 4.88. The molecule has 70 valence electrons. The molecule has 0 aromatic heterocycles. The third-order valence-electron chi connectivity index (χ3n) is 2.01. The van der Waals surface area contributed by atoms with Gasteiger partial charge in [0.05, 0.1) is 0 Å². The van der Waals surface area contributed by atoms with Gasteiger partial charge in [-0.05, 0) is 12.8 Å². The van der Waals surface area contributed by atoms with Crippen LogP contribution in [0.5, 0.6) is 0 Å². The van der Waals surface area contributed by atoms with Crippen LogP contribution in [-0.2, 0) is 4.79 Å². The molecule has 3 nitrogen and oxygen atoms in total. The van der Waals surface area contributed by atoms with Crippen molar-refractivity contribution in [3.63, 3.8) is 0 Å². The zero-order valence-electron chi connectivity index (χ0n) is 7.18. The number of nitrogens with one attached hydrogen (secondary N) is 1. The van der Waals surface area contributed by atoms with Crippen molar-refractivity contribution in [1.29, 1.82) is 0 Å². The van der Waals surface area contributed by atoms with Gasteiger partial charge in [-0.15, -0.1) is 11.6 Å². The largest absolute Gasteiger partial charge is 0.288 e. The Morgan fingerprint density at radius 2 is 1.83 bits per heavy atom. The van der Waals surface area contributed by atoms with E-state index in [1.54, 1.807) is 0 Å². The lowest BCUT2D eigenvalue weighted by Gasteiger charge is -2.19. The first-order valence-corrected chi connectivity index (χ1v) is 4.97. The van der Waals surface area contributed by atoms with E-state index < -0.39 is 0 Å². The van der Waals surface area contributed by atoms with Gasteiger partial charge >= 0.3 is 0 Å². The van der Waals surface area contributed by atoms with Gasteiger partial charge in [0.1, 0.15) is 5.88 Å². The predicted octanol–water partition coefficient (Wildman–Crippen LogP) is 1.13. The highest BCUT2D eigenvalue weighted by Gasteiger charge is 2.10. The molecular weight excluding hydrogens is 176 g/mol. The van der Waals surface area contributed by atoms with Crippen LogP contribution in [0.4, 0.5) is 0 Å². The van der Waals surface area contributed by atoms with Crippen LogP contribution in [0.2, 0.25) is 0 Å². The van der Waals surface area contributed by atoms with Crippen molar-refractivity contribution in [3.8, 4) is 0 Å². The highest BCUT2D eigenvalue weighted by atomic mass is 35.5. The van der Waals surface area contributed by atoms with Gasteiger partial charge in [-0.2, -0.15) is 0 Å². The maximum atomic E-state index is 10.9. The Balaban J connectivity index is 2.24. The van der Waals surface area contributed by atoms with Crippen molar-refractivity contribution in [2.75, 3.05) is 19.0 Å². The predicted molar refractivity (Wildman–Crippen MR) is 48.9 cm³/mol. The Bertz CT molecular complexity index is 144. The standard InChI is InChI=1S/C8H15ClN2O/c9-7-8(12)10-11-5-3-1-2-4-6-11/h1-7H2,(H,10,12). The normalized spacial score (nSPS) is 20.1. The van der Waals surface area contributed by atoms with Crippen LogP contribution in [-0.4, -0.2) is 29.9 Å². The average Bonchev–Trinajstić information content (AvgIpc) is 2.33. The van der Waals surface area contributed by atoms with Crippen molar-refractivity contribution in [2.24, 2.45) is 0 Å². The monoisotopic (exact) mass is 190 g/mol. The van der Waals surface area contributed by atoms with Gasteiger partial charge < -0.3 is 0 Å². The highest BCUT2D eigenvalue weighted by Crippen LogP contribution is 2.07. The number of amides is 1. The summed E-state index contributed by atoms with van der Waals surface area (Å²) in [4.78, 5) is 10.9. The number of hydrogen-bond acceptors (Lipinski definition) is 2. The van der Waals surface area contributed by atoms with E-state index in [2.05, 4.69) is 5.43 Å². The van der Waals surface area contributed by atoms with Gasteiger partial charge in [-0.3, -0.25) is 10.2 Å². The molecule has 1 fully saturated rings. The number of rotatable bonds is 2. The Kier molecular flexibility index (Phi) is 4.40. The third-order valence-corrected chi connectivity index (χ3v) is 2.25. The Hall–Kier alpha value is -0.280. The van der Waals surface area contributed by atoms with Gasteiger partial charge in [0.25, 0.3) is 0 Å². The zero-order valence-corrected chi connectivity index (χ0v) is 7.94. The first-order chi connectivity index (χ1) is 5.83. The molecule has 0 unspecified atom stereocenters.